The van der Waals surface area contributed by atoms with Crippen molar-refractivity contribution in [3.05, 3.63) is 143 Å². The third kappa shape index (κ3) is 4.92. The molecule has 4 aromatic carbocycles. The number of fused-ring (bicyclic) bond motifs is 1. The van der Waals surface area contributed by atoms with Gasteiger partial charge in [0, 0.05) is 12.1 Å². The highest BCUT2D eigenvalue weighted by Gasteiger charge is 2.27. The average molecular weight is 526 g/mol. The van der Waals surface area contributed by atoms with E-state index < -0.39 is 0 Å². The lowest BCUT2D eigenvalue weighted by Crippen LogP contribution is -2.11. The molecule has 1 aromatic heterocycles. The maximum Gasteiger partial charge on any atom is 0.236 e. The molecule has 0 N–H and O–H groups in total. The second-order valence-corrected chi connectivity index (χ2v) is 9.84. The zero-order valence-corrected chi connectivity index (χ0v) is 21.8. The van der Waals surface area contributed by atoms with Gasteiger partial charge in [-0.05, 0) is 27.5 Å². The van der Waals surface area contributed by atoms with Crippen LogP contribution < -0.4 is 4.74 Å². The van der Waals surface area contributed by atoms with Crippen LogP contribution in [0.3, 0.4) is 0 Å². The van der Waals surface area contributed by atoms with Gasteiger partial charge < -0.3 is 14.2 Å². The van der Waals surface area contributed by atoms with E-state index in [1.165, 1.54) is 10.8 Å². The Balaban J connectivity index is 1.22. The number of nitrogens with zero attached hydrogens (tertiary/aromatic N) is 3. The molecule has 40 heavy (non-hydrogen) atoms. The minimum Gasteiger partial charge on any atom is -0.489 e. The molecule has 0 amide bonds. The number of hydrogen-bond donors (Lipinski definition) is 0. The predicted octanol–water partition coefficient (Wildman–Crippen LogP) is 6.85. The molecule has 2 aliphatic rings. The van der Waals surface area contributed by atoms with E-state index in [1.807, 2.05) is 60.7 Å². The molecule has 0 radical (unpaired) electrons. The molecule has 0 saturated heterocycles. The first kappa shape index (κ1) is 24.1. The Labute approximate surface area is 232 Å². The number of aromatic nitrogens is 1. The first-order valence-corrected chi connectivity index (χ1v) is 13.4. The summed E-state index contributed by atoms with van der Waals surface area (Å²) in [5.41, 5.74) is 4.51. The van der Waals surface area contributed by atoms with Gasteiger partial charge in [0.15, 0.2) is 0 Å². The quantitative estimate of drug-likeness (QED) is 0.233. The maximum absolute atomic E-state index is 6.36. The van der Waals surface area contributed by atoms with Gasteiger partial charge >= 0.3 is 0 Å². The highest BCUT2D eigenvalue weighted by molar-refractivity contribution is 5.98. The van der Waals surface area contributed by atoms with Crippen molar-refractivity contribution in [1.82, 2.24) is 4.98 Å². The zero-order valence-electron chi connectivity index (χ0n) is 21.8. The lowest BCUT2D eigenvalue weighted by atomic mass is 10.1. The fraction of sp³-hybridized carbons (Fsp3) is 0.147. The van der Waals surface area contributed by atoms with E-state index in [1.54, 1.807) is 0 Å². The molecule has 0 spiro atoms. The molecule has 3 heterocycles. The molecule has 0 saturated carbocycles. The molecule has 0 bridgehead atoms. The molecule has 0 aliphatic carbocycles. The van der Waals surface area contributed by atoms with Crippen LogP contribution in [0.25, 0.3) is 10.8 Å². The van der Waals surface area contributed by atoms with E-state index in [4.69, 9.17) is 29.2 Å². The van der Waals surface area contributed by atoms with E-state index in [0.717, 1.165) is 16.7 Å². The van der Waals surface area contributed by atoms with Gasteiger partial charge in [0.1, 0.15) is 49.0 Å². The molecule has 7 rings (SSSR count). The first-order valence-electron chi connectivity index (χ1n) is 13.4. The van der Waals surface area contributed by atoms with Crippen molar-refractivity contribution >= 4 is 22.6 Å². The van der Waals surface area contributed by atoms with Crippen molar-refractivity contribution in [2.75, 3.05) is 13.2 Å². The Kier molecular flexibility index (Phi) is 6.42. The summed E-state index contributed by atoms with van der Waals surface area (Å²) in [6.07, 6.45) is 0. The highest BCUT2D eigenvalue weighted by Crippen LogP contribution is 2.29. The van der Waals surface area contributed by atoms with Crippen molar-refractivity contribution in [2.45, 2.75) is 18.7 Å². The van der Waals surface area contributed by atoms with Crippen LogP contribution in [-0.2, 0) is 16.1 Å². The summed E-state index contributed by atoms with van der Waals surface area (Å²) in [6.45, 7) is 1.33. The molecule has 5 aromatic rings. The van der Waals surface area contributed by atoms with E-state index in [-0.39, 0.29) is 12.1 Å². The number of aliphatic imine (C=N–C) groups is 2. The van der Waals surface area contributed by atoms with Crippen LogP contribution in [0.4, 0.5) is 0 Å². The van der Waals surface area contributed by atoms with Crippen LogP contribution in [0.5, 0.6) is 5.75 Å². The van der Waals surface area contributed by atoms with Gasteiger partial charge in [-0.25, -0.2) is 15.0 Å². The molecule has 196 valence electrons. The second kappa shape index (κ2) is 10.7. The Morgan fingerprint density at radius 1 is 0.625 bits per heavy atom. The Hall–Kier alpha value is -4.97. The van der Waals surface area contributed by atoms with Crippen LogP contribution in [0.1, 0.15) is 40.2 Å². The number of hydrogen-bond acceptors (Lipinski definition) is 6. The van der Waals surface area contributed by atoms with Gasteiger partial charge in [-0.15, -0.1) is 0 Å². The normalized spacial score (nSPS) is 18.1. The van der Waals surface area contributed by atoms with E-state index in [9.17, 15) is 0 Å². The van der Waals surface area contributed by atoms with Crippen LogP contribution >= 0.6 is 0 Å². The smallest absolute Gasteiger partial charge is 0.236 e. The van der Waals surface area contributed by atoms with E-state index >= 15 is 0 Å². The Bertz CT molecular complexity index is 1630. The van der Waals surface area contributed by atoms with Crippen molar-refractivity contribution in [3.8, 4) is 5.75 Å². The monoisotopic (exact) mass is 525 g/mol. The van der Waals surface area contributed by atoms with Gasteiger partial charge in [0.05, 0.1) is 0 Å². The van der Waals surface area contributed by atoms with Crippen LogP contribution in [-0.4, -0.2) is 30.0 Å². The lowest BCUT2D eigenvalue weighted by molar-refractivity contribution is 0.304. The number of ether oxygens (including phenoxy) is 3. The molecular weight excluding hydrogens is 498 g/mol. The average Bonchev–Trinajstić information content (AvgIpc) is 3.72. The summed E-state index contributed by atoms with van der Waals surface area (Å²) in [5, 5.41) is 2.35. The minimum atomic E-state index is -0.0794. The number of pyridine rings is 1. The van der Waals surface area contributed by atoms with Gasteiger partial charge in [0.25, 0.3) is 0 Å². The number of benzene rings is 4. The molecule has 0 unspecified atom stereocenters. The molecule has 2 atom stereocenters. The third-order valence-electron chi connectivity index (χ3n) is 7.18. The maximum atomic E-state index is 6.36. The molecule has 6 heteroatoms. The highest BCUT2D eigenvalue weighted by atomic mass is 16.5. The standard InChI is InChI=1S/C34H27N3O3/c1-3-11-24(12-4-1)31-21-39-33(36-31)29-18-27(38-20-26-16-9-15-23-10-7-8-17-28(23)26)19-30(35-29)34-37-32(22-40-34)25-13-5-2-6-14-25/h1-19,31-32H,20-22H2/t31-,32-/m1/s1. The summed E-state index contributed by atoms with van der Waals surface area (Å²) in [5.74, 6) is 1.63. The van der Waals surface area contributed by atoms with Gasteiger partial charge in [0.2, 0.25) is 11.8 Å². The van der Waals surface area contributed by atoms with Gasteiger partial charge in [-0.1, -0.05) is 103 Å². The number of rotatable bonds is 7. The van der Waals surface area contributed by atoms with Crippen molar-refractivity contribution in [3.63, 3.8) is 0 Å². The second-order valence-electron chi connectivity index (χ2n) is 9.84. The summed E-state index contributed by atoms with van der Waals surface area (Å²) in [7, 11) is 0. The summed E-state index contributed by atoms with van der Waals surface area (Å²) >= 11 is 0. The van der Waals surface area contributed by atoms with Crippen molar-refractivity contribution in [2.24, 2.45) is 9.98 Å². The third-order valence-corrected chi connectivity index (χ3v) is 7.18. The van der Waals surface area contributed by atoms with Crippen LogP contribution in [0.2, 0.25) is 0 Å². The van der Waals surface area contributed by atoms with Crippen molar-refractivity contribution in [1.29, 1.82) is 0 Å². The minimum absolute atomic E-state index is 0.0794. The van der Waals surface area contributed by atoms with Gasteiger partial charge in [-0.3, -0.25) is 0 Å². The van der Waals surface area contributed by atoms with Crippen molar-refractivity contribution < 1.29 is 14.2 Å². The summed E-state index contributed by atoms with van der Waals surface area (Å²) in [4.78, 5) is 14.6. The van der Waals surface area contributed by atoms with Crippen LogP contribution in [0.15, 0.2) is 125 Å². The molecule has 2 aliphatic heterocycles. The predicted molar refractivity (Wildman–Crippen MR) is 156 cm³/mol. The first-order chi connectivity index (χ1) is 19.8. The summed E-state index contributed by atoms with van der Waals surface area (Å²) in [6, 6.07) is 38.5. The SMILES string of the molecule is c1ccc([C@H]2COC(c3cc(OCc4cccc5ccccc45)cc(C4=N[C@@H](c5ccccc5)CO4)n3)=N2)cc1. The van der Waals surface area contributed by atoms with Crippen LogP contribution in [0, 0.1) is 0 Å². The Morgan fingerprint density at radius 2 is 1.18 bits per heavy atom. The topological polar surface area (TPSA) is 65.3 Å². The van der Waals surface area contributed by atoms with Gasteiger partial charge in [-0.2, -0.15) is 0 Å². The Morgan fingerprint density at radius 3 is 1.80 bits per heavy atom. The molecule has 6 nitrogen and oxygen atoms in total. The fourth-order valence-corrected chi connectivity index (χ4v) is 5.11. The van der Waals surface area contributed by atoms with E-state index in [2.05, 4.69) is 54.6 Å². The summed E-state index contributed by atoms with van der Waals surface area (Å²) < 4.78 is 18.4. The zero-order chi connectivity index (χ0) is 26.7. The van der Waals surface area contributed by atoms with E-state index in [0.29, 0.717) is 48.8 Å². The lowest BCUT2D eigenvalue weighted by Gasteiger charge is -2.12. The molecular formula is C34H27N3O3. The molecule has 0 fully saturated rings. The fourth-order valence-electron chi connectivity index (χ4n) is 5.11. The largest absolute Gasteiger partial charge is 0.489 e.